The fourth-order valence-corrected chi connectivity index (χ4v) is 3.30. The maximum absolute atomic E-state index is 12.7. The first kappa shape index (κ1) is 18.9. The minimum Gasteiger partial charge on any atom is -0.341 e. The third-order valence-corrected chi connectivity index (χ3v) is 5.02. The van der Waals surface area contributed by atoms with E-state index in [0.29, 0.717) is 25.5 Å². The second-order valence-electron chi connectivity index (χ2n) is 6.91. The maximum Gasteiger partial charge on any atom is 0.323 e. The van der Waals surface area contributed by atoms with Crippen LogP contribution in [0.1, 0.15) is 37.4 Å². The number of hydrogen-bond donors (Lipinski definition) is 1. The Hall–Kier alpha value is -2.83. The first-order valence-electron chi connectivity index (χ1n) is 9.44. The van der Waals surface area contributed by atoms with E-state index >= 15 is 0 Å². The van der Waals surface area contributed by atoms with Crippen LogP contribution in [0.2, 0.25) is 0 Å². The van der Waals surface area contributed by atoms with Gasteiger partial charge in [-0.25, -0.2) is 4.79 Å². The molecule has 1 aromatic heterocycles. The predicted octanol–water partition coefficient (Wildman–Crippen LogP) is 2.89. The van der Waals surface area contributed by atoms with Gasteiger partial charge in [0, 0.05) is 31.4 Å². The summed E-state index contributed by atoms with van der Waals surface area (Å²) in [6.45, 7) is 7.99. The Balaban J connectivity index is 1.70. The molecule has 1 saturated heterocycles. The molecule has 1 aliphatic rings. The summed E-state index contributed by atoms with van der Waals surface area (Å²) < 4.78 is 1.85. The van der Waals surface area contributed by atoms with Gasteiger partial charge in [0.05, 0.1) is 6.04 Å². The largest absolute Gasteiger partial charge is 0.341 e. The van der Waals surface area contributed by atoms with Crippen molar-refractivity contribution >= 4 is 17.8 Å². The summed E-state index contributed by atoms with van der Waals surface area (Å²) in [6.07, 6.45) is 2.71. The quantitative estimate of drug-likeness (QED) is 0.901. The lowest BCUT2D eigenvalue weighted by Gasteiger charge is -2.20. The van der Waals surface area contributed by atoms with Crippen LogP contribution >= 0.6 is 0 Å². The van der Waals surface area contributed by atoms with Crippen molar-refractivity contribution < 1.29 is 9.59 Å². The number of urea groups is 1. The molecule has 1 atom stereocenters. The molecule has 0 saturated carbocycles. The smallest absolute Gasteiger partial charge is 0.323 e. The fraction of sp³-hybridized carbons (Fsp3) is 0.450. The van der Waals surface area contributed by atoms with Crippen molar-refractivity contribution in [1.82, 2.24) is 19.6 Å². The fourth-order valence-electron chi connectivity index (χ4n) is 3.30. The minimum absolute atomic E-state index is 0.00917. The summed E-state index contributed by atoms with van der Waals surface area (Å²) in [5.41, 5.74) is 2.04. The number of benzene rings is 1. The van der Waals surface area contributed by atoms with Gasteiger partial charge in [-0.1, -0.05) is 30.3 Å². The molecule has 3 amide bonds. The molecule has 1 aromatic carbocycles. The molecule has 7 heteroatoms. The van der Waals surface area contributed by atoms with E-state index in [1.807, 2.05) is 42.9 Å². The number of anilines is 1. The predicted molar refractivity (Wildman–Crippen MR) is 105 cm³/mol. The van der Waals surface area contributed by atoms with E-state index in [-0.39, 0.29) is 24.5 Å². The third-order valence-electron chi connectivity index (χ3n) is 5.02. The van der Waals surface area contributed by atoms with Gasteiger partial charge in [0.2, 0.25) is 5.91 Å². The summed E-state index contributed by atoms with van der Waals surface area (Å²) >= 11 is 0. The van der Waals surface area contributed by atoms with Crippen molar-refractivity contribution in [2.75, 3.05) is 31.5 Å². The topological polar surface area (TPSA) is 70.5 Å². The van der Waals surface area contributed by atoms with Crippen LogP contribution in [0.15, 0.2) is 36.5 Å². The number of aryl methyl sites for hydroxylation is 1. The van der Waals surface area contributed by atoms with E-state index in [1.54, 1.807) is 9.80 Å². The number of likely N-dealkylation sites (N-methyl/N-ethyl adjacent to an activating group) is 1. The second kappa shape index (κ2) is 8.24. The number of hydrogen-bond acceptors (Lipinski definition) is 3. The van der Waals surface area contributed by atoms with Gasteiger partial charge in [-0.15, -0.1) is 0 Å². The van der Waals surface area contributed by atoms with E-state index in [4.69, 9.17) is 0 Å². The van der Waals surface area contributed by atoms with E-state index in [0.717, 1.165) is 17.5 Å². The van der Waals surface area contributed by atoms with E-state index in [2.05, 4.69) is 29.5 Å². The average Bonchev–Trinajstić information content (AvgIpc) is 2.92. The molecule has 0 spiro atoms. The number of nitrogens with zero attached hydrogens (tertiary/aromatic N) is 4. The van der Waals surface area contributed by atoms with Gasteiger partial charge in [-0.2, -0.15) is 5.10 Å². The van der Waals surface area contributed by atoms with Crippen molar-refractivity contribution in [2.24, 2.45) is 0 Å². The molecule has 3 rings (SSSR count). The molecule has 1 N–H and O–H groups in total. The zero-order valence-electron chi connectivity index (χ0n) is 16.2. The van der Waals surface area contributed by atoms with Gasteiger partial charge in [0.25, 0.3) is 0 Å². The minimum atomic E-state index is -0.276. The number of amides is 3. The van der Waals surface area contributed by atoms with Crippen LogP contribution in [0.3, 0.4) is 0 Å². The van der Waals surface area contributed by atoms with Crippen molar-refractivity contribution in [2.45, 2.75) is 33.2 Å². The van der Waals surface area contributed by atoms with Crippen molar-refractivity contribution in [3.8, 4) is 0 Å². The SMILES string of the molecule is CCN1CCCN(C(=O)Nc2nn([C@H](C)c3ccccc3)cc2C)CC1=O. The summed E-state index contributed by atoms with van der Waals surface area (Å²) in [5.74, 6) is 0.525. The molecule has 27 heavy (non-hydrogen) atoms. The third kappa shape index (κ3) is 4.30. The number of rotatable bonds is 4. The summed E-state index contributed by atoms with van der Waals surface area (Å²) in [5, 5.41) is 7.43. The van der Waals surface area contributed by atoms with Crippen LogP contribution in [-0.2, 0) is 4.79 Å². The zero-order chi connectivity index (χ0) is 19.4. The highest BCUT2D eigenvalue weighted by molar-refractivity contribution is 5.92. The van der Waals surface area contributed by atoms with Crippen molar-refractivity contribution in [3.63, 3.8) is 0 Å². The van der Waals surface area contributed by atoms with Crippen LogP contribution < -0.4 is 5.32 Å². The van der Waals surface area contributed by atoms with Crippen LogP contribution in [0.25, 0.3) is 0 Å². The maximum atomic E-state index is 12.7. The van der Waals surface area contributed by atoms with Crippen molar-refractivity contribution in [3.05, 3.63) is 47.7 Å². The number of carbonyl (C=O) groups excluding carboxylic acids is 2. The average molecular weight is 369 g/mol. The Morgan fingerprint density at radius 1 is 1.26 bits per heavy atom. The normalized spacial score (nSPS) is 16.2. The number of nitrogens with one attached hydrogen (secondary N) is 1. The molecule has 0 unspecified atom stereocenters. The molecule has 0 bridgehead atoms. The lowest BCUT2D eigenvalue weighted by molar-refractivity contribution is -0.130. The molecule has 144 valence electrons. The zero-order valence-corrected chi connectivity index (χ0v) is 16.2. The summed E-state index contributed by atoms with van der Waals surface area (Å²) in [4.78, 5) is 28.2. The highest BCUT2D eigenvalue weighted by Crippen LogP contribution is 2.21. The second-order valence-corrected chi connectivity index (χ2v) is 6.91. The van der Waals surface area contributed by atoms with E-state index in [1.165, 1.54) is 0 Å². The van der Waals surface area contributed by atoms with Gasteiger partial charge in [-0.05, 0) is 32.8 Å². The molecular formula is C20H27N5O2. The Morgan fingerprint density at radius 3 is 2.70 bits per heavy atom. The van der Waals surface area contributed by atoms with E-state index < -0.39 is 0 Å². The van der Waals surface area contributed by atoms with Crippen LogP contribution in [0.4, 0.5) is 10.6 Å². The number of carbonyl (C=O) groups is 2. The van der Waals surface area contributed by atoms with Gasteiger partial charge in [0.15, 0.2) is 5.82 Å². The Labute approximate surface area is 159 Å². The van der Waals surface area contributed by atoms with Crippen LogP contribution in [0, 0.1) is 6.92 Å². The highest BCUT2D eigenvalue weighted by atomic mass is 16.2. The summed E-state index contributed by atoms with van der Waals surface area (Å²) in [7, 11) is 0. The van der Waals surface area contributed by atoms with Gasteiger partial charge in [0.1, 0.15) is 6.54 Å². The molecule has 1 fully saturated rings. The van der Waals surface area contributed by atoms with Crippen LogP contribution in [0.5, 0.6) is 0 Å². The molecule has 0 radical (unpaired) electrons. The Kier molecular flexibility index (Phi) is 5.78. The standard InChI is InChI=1S/C20H27N5O2/c1-4-23-11-8-12-24(14-18(23)26)20(27)21-19-15(2)13-25(22-19)16(3)17-9-6-5-7-10-17/h5-7,9-10,13,16H,4,8,11-12,14H2,1-3H3,(H,21,22,27)/t16-/m1/s1. The first-order chi connectivity index (χ1) is 13.0. The Morgan fingerprint density at radius 2 is 2.00 bits per heavy atom. The highest BCUT2D eigenvalue weighted by Gasteiger charge is 2.25. The van der Waals surface area contributed by atoms with Gasteiger partial charge in [-0.3, -0.25) is 14.8 Å². The van der Waals surface area contributed by atoms with Crippen LogP contribution in [-0.4, -0.2) is 57.7 Å². The van der Waals surface area contributed by atoms with E-state index in [9.17, 15) is 9.59 Å². The lowest BCUT2D eigenvalue weighted by atomic mass is 10.1. The monoisotopic (exact) mass is 369 g/mol. The lowest BCUT2D eigenvalue weighted by Crippen LogP contribution is -2.41. The molecule has 2 heterocycles. The molecule has 2 aromatic rings. The van der Waals surface area contributed by atoms with Gasteiger partial charge < -0.3 is 9.80 Å². The van der Waals surface area contributed by atoms with Gasteiger partial charge >= 0.3 is 6.03 Å². The van der Waals surface area contributed by atoms with Crippen molar-refractivity contribution in [1.29, 1.82) is 0 Å². The molecule has 0 aliphatic carbocycles. The molecular weight excluding hydrogens is 342 g/mol. The first-order valence-corrected chi connectivity index (χ1v) is 9.44. The number of aromatic nitrogens is 2. The molecule has 1 aliphatic heterocycles. The summed E-state index contributed by atoms with van der Waals surface area (Å²) in [6, 6.07) is 9.89. The molecule has 7 nitrogen and oxygen atoms in total. The Bertz CT molecular complexity index is 802.